The highest BCUT2D eigenvalue weighted by Gasteiger charge is 2.21. The maximum atomic E-state index is 6.06. The fraction of sp³-hybridized carbons (Fsp3) is 0.700. The van der Waals surface area contributed by atoms with Gasteiger partial charge in [0, 0.05) is 13.0 Å². The summed E-state index contributed by atoms with van der Waals surface area (Å²) in [6.45, 7) is 5.51. The molecule has 1 unspecified atom stereocenters. The van der Waals surface area contributed by atoms with Gasteiger partial charge in [0.1, 0.15) is 5.82 Å². The molecule has 2 heterocycles. The van der Waals surface area contributed by atoms with Crippen molar-refractivity contribution in [3.63, 3.8) is 0 Å². The summed E-state index contributed by atoms with van der Waals surface area (Å²) in [5.41, 5.74) is 1.25. The smallest absolute Gasteiger partial charge is 0.150 e. The highest BCUT2D eigenvalue weighted by Crippen LogP contribution is 2.27. The summed E-state index contributed by atoms with van der Waals surface area (Å²) in [6.07, 6.45) is 3.31. The molecule has 0 radical (unpaired) electrons. The molecule has 0 saturated heterocycles. The van der Waals surface area contributed by atoms with Gasteiger partial charge in [0.25, 0.3) is 0 Å². The molecule has 1 aliphatic rings. The molecule has 1 aromatic heterocycles. The van der Waals surface area contributed by atoms with Gasteiger partial charge in [0.2, 0.25) is 0 Å². The molecule has 2 nitrogen and oxygen atoms in total. The third-order valence-electron chi connectivity index (χ3n) is 2.79. The molecule has 0 aliphatic carbocycles. The van der Waals surface area contributed by atoms with Gasteiger partial charge in [0.05, 0.1) is 5.69 Å². The highest BCUT2D eigenvalue weighted by molar-refractivity contribution is 6.30. The number of hydrogen-bond acceptors (Lipinski definition) is 1. The third-order valence-corrected chi connectivity index (χ3v) is 3.09. The molecule has 0 fully saturated rings. The number of aromatic nitrogens is 2. The van der Waals surface area contributed by atoms with Crippen LogP contribution < -0.4 is 0 Å². The second-order valence-corrected chi connectivity index (χ2v) is 4.23. The van der Waals surface area contributed by atoms with Crippen molar-refractivity contribution in [1.29, 1.82) is 0 Å². The van der Waals surface area contributed by atoms with Crippen LogP contribution >= 0.6 is 11.6 Å². The quantitative estimate of drug-likeness (QED) is 0.679. The van der Waals surface area contributed by atoms with Crippen molar-refractivity contribution < 1.29 is 0 Å². The number of fused-ring (bicyclic) bond motifs is 1. The minimum atomic E-state index is 0.726. The maximum Gasteiger partial charge on any atom is 0.150 e. The van der Waals surface area contributed by atoms with Crippen molar-refractivity contribution in [2.75, 3.05) is 0 Å². The van der Waals surface area contributed by atoms with Crippen LogP contribution in [0.3, 0.4) is 0 Å². The number of hydrogen-bond donors (Lipinski definition) is 0. The van der Waals surface area contributed by atoms with E-state index in [0.717, 1.165) is 36.3 Å². The number of halogens is 1. The Morgan fingerprint density at radius 2 is 2.38 bits per heavy atom. The van der Waals surface area contributed by atoms with Gasteiger partial charge in [0.15, 0.2) is 5.15 Å². The van der Waals surface area contributed by atoms with Gasteiger partial charge in [-0.05, 0) is 18.8 Å². The molecule has 1 aliphatic heterocycles. The molecule has 0 amide bonds. The SMILES string of the molecule is CCc1nc(Cl)c2n1CC(C)CC2. The predicted octanol–water partition coefficient (Wildman–Crippen LogP) is 2.68. The van der Waals surface area contributed by atoms with Gasteiger partial charge in [-0.2, -0.15) is 0 Å². The lowest BCUT2D eigenvalue weighted by molar-refractivity contribution is 0.391. The van der Waals surface area contributed by atoms with Crippen molar-refractivity contribution >= 4 is 11.6 Å². The van der Waals surface area contributed by atoms with Crippen molar-refractivity contribution in [3.8, 4) is 0 Å². The van der Waals surface area contributed by atoms with E-state index >= 15 is 0 Å². The molecule has 0 bridgehead atoms. The monoisotopic (exact) mass is 198 g/mol. The molecule has 0 spiro atoms. The van der Waals surface area contributed by atoms with Crippen LogP contribution in [-0.2, 0) is 19.4 Å². The Kier molecular flexibility index (Phi) is 2.33. The van der Waals surface area contributed by atoms with Crippen LogP contribution in [0.25, 0.3) is 0 Å². The average molecular weight is 199 g/mol. The first-order chi connectivity index (χ1) is 6.22. The third kappa shape index (κ3) is 1.48. The molecule has 2 rings (SSSR count). The Balaban J connectivity index is 2.43. The van der Waals surface area contributed by atoms with Gasteiger partial charge < -0.3 is 4.57 Å². The minimum Gasteiger partial charge on any atom is -0.330 e. The van der Waals surface area contributed by atoms with Crippen LogP contribution in [0.4, 0.5) is 0 Å². The Morgan fingerprint density at radius 3 is 3.08 bits per heavy atom. The molecule has 1 aromatic rings. The summed E-state index contributed by atoms with van der Waals surface area (Å²) in [5, 5.41) is 0.726. The summed E-state index contributed by atoms with van der Waals surface area (Å²) in [5.74, 6) is 1.91. The number of nitrogens with zero attached hydrogens (tertiary/aromatic N) is 2. The zero-order valence-electron chi connectivity index (χ0n) is 8.18. The fourth-order valence-electron chi connectivity index (χ4n) is 2.02. The number of aryl methyl sites for hydroxylation is 1. The van der Waals surface area contributed by atoms with E-state index in [1.807, 2.05) is 0 Å². The lowest BCUT2D eigenvalue weighted by atomic mass is 10.0. The summed E-state index contributed by atoms with van der Waals surface area (Å²) in [4.78, 5) is 4.37. The van der Waals surface area contributed by atoms with Crippen molar-refractivity contribution in [1.82, 2.24) is 9.55 Å². The van der Waals surface area contributed by atoms with E-state index in [2.05, 4.69) is 23.4 Å². The van der Waals surface area contributed by atoms with Crippen LogP contribution in [0.5, 0.6) is 0 Å². The summed E-state index contributed by atoms with van der Waals surface area (Å²) in [7, 11) is 0. The Hall–Kier alpha value is -0.500. The molecule has 3 heteroatoms. The number of rotatable bonds is 1. The van der Waals surface area contributed by atoms with Gasteiger partial charge in [-0.25, -0.2) is 4.98 Å². The molecule has 0 saturated carbocycles. The topological polar surface area (TPSA) is 17.8 Å². The van der Waals surface area contributed by atoms with Gasteiger partial charge in [-0.15, -0.1) is 0 Å². The van der Waals surface area contributed by atoms with E-state index in [0.29, 0.717) is 0 Å². The van der Waals surface area contributed by atoms with Gasteiger partial charge >= 0.3 is 0 Å². The molecule has 0 aromatic carbocycles. The summed E-state index contributed by atoms with van der Waals surface area (Å²) in [6, 6.07) is 0. The fourth-order valence-corrected chi connectivity index (χ4v) is 2.31. The average Bonchev–Trinajstić information content (AvgIpc) is 2.42. The standard InChI is InChI=1S/C10H15ClN2/c1-3-9-12-10(11)8-5-4-7(2)6-13(8)9/h7H,3-6H2,1-2H3. The molecular weight excluding hydrogens is 184 g/mol. The van der Waals surface area contributed by atoms with Gasteiger partial charge in [-0.3, -0.25) is 0 Å². The largest absolute Gasteiger partial charge is 0.330 e. The van der Waals surface area contributed by atoms with Crippen LogP contribution in [-0.4, -0.2) is 9.55 Å². The molecule has 1 atom stereocenters. The Morgan fingerprint density at radius 1 is 1.62 bits per heavy atom. The first-order valence-electron chi connectivity index (χ1n) is 4.96. The first kappa shape index (κ1) is 9.07. The second kappa shape index (κ2) is 3.33. The van der Waals surface area contributed by atoms with E-state index in [1.54, 1.807) is 0 Å². The van der Waals surface area contributed by atoms with Crippen molar-refractivity contribution in [3.05, 3.63) is 16.7 Å². The van der Waals surface area contributed by atoms with Crippen LogP contribution in [0.2, 0.25) is 5.15 Å². The second-order valence-electron chi connectivity index (χ2n) is 3.87. The molecule has 13 heavy (non-hydrogen) atoms. The van der Waals surface area contributed by atoms with Crippen molar-refractivity contribution in [2.45, 2.75) is 39.7 Å². The Bertz CT molecular complexity index is 317. The van der Waals surface area contributed by atoms with E-state index in [1.165, 1.54) is 12.1 Å². The van der Waals surface area contributed by atoms with Crippen LogP contribution in [0.15, 0.2) is 0 Å². The summed E-state index contributed by atoms with van der Waals surface area (Å²) < 4.78 is 2.30. The van der Waals surface area contributed by atoms with E-state index in [-0.39, 0.29) is 0 Å². The predicted molar refractivity (Wildman–Crippen MR) is 54.1 cm³/mol. The zero-order chi connectivity index (χ0) is 9.42. The first-order valence-corrected chi connectivity index (χ1v) is 5.34. The Labute approximate surface area is 83.9 Å². The van der Waals surface area contributed by atoms with E-state index < -0.39 is 0 Å². The summed E-state index contributed by atoms with van der Waals surface area (Å²) >= 11 is 6.06. The van der Waals surface area contributed by atoms with Crippen LogP contribution in [0, 0.1) is 5.92 Å². The lowest BCUT2D eigenvalue weighted by Gasteiger charge is -2.22. The maximum absolute atomic E-state index is 6.06. The zero-order valence-corrected chi connectivity index (χ0v) is 8.93. The van der Waals surface area contributed by atoms with Crippen molar-refractivity contribution in [2.24, 2.45) is 5.92 Å². The minimum absolute atomic E-state index is 0.726. The van der Waals surface area contributed by atoms with E-state index in [9.17, 15) is 0 Å². The van der Waals surface area contributed by atoms with Gasteiger partial charge in [-0.1, -0.05) is 25.4 Å². The molecular formula is C10H15ClN2. The molecule has 0 N–H and O–H groups in total. The lowest BCUT2D eigenvalue weighted by Crippen LogP contribution is -2.19. The normalized spacial score (nSPS) is 21.6. The highest BCUT2D eigenvalue weighted by atomic mass is 35.5. The molecule has 72 valence electrons. The number of imidazole rings is 1. The van der Waals surface area contributed by atoms with E-state index in [4.69, 9.17) is 11.6 Å². The van der Waals surface area contributed by atoms with Crippen LogP contribution in [0.1, 0.15) is 31.8 Å².